The normalized spacial score (nSPS) is 19.5. The lowest BCUT2D eigenvalue weighted by atomic mass is 9.86. The minimum Gasteiger partial charge on any atom is -0.323 e. The topological polar surface area (TPSA) is 89.3 Å². The van der Waals surface area contributed by atoms with E-state index in [2.05, 4.69) is 40.3 Å². The van der Waals surface area contributed by atoms with E-state index in [1.54, 1.807) is 35.6 Å². The van der Waals surface area contributed by atoms with Crippen molar-refractivity contribution in [3.8, 4) is 6.07 Å². The molecule has 7 nitrogen and oxygen atoms in total. The average molecular weight is 432 g/mol. The number of rotatable bonds is 3. The largest absolute Gasteiger partial charge is 0.329 e. The van der Waals surface area contributed by atoms with Gasteiger partial charge in [-0.1, -0.05) is 6.07 Å². The molecule has 0 unspecified atom stereocenters. The summed E-state index contributed by atoms with van der Waals surface area (Å²) in [7, 11) is 0. The van der Waals surface area contributed by atoms with E-state index < -0.39 is 11.6 Å². The minimum absolute atomic E-state index is 0.199. The lowest BCUT2D eigenvalue weighted by Gasteiger charge is -2.40. The molecule has 1 N–H and O–H groups in total. The van der Waals surface area contributed by atoms with Gasteiger partial charge in [0.25, 0.3) is 5.91 Å². The van der Waals surface area contributed by atoms with Crippen molar-refractivity contribution in [3.63, 3.8) is 0 Å². The molecule has 2 fully saturated rings. The molecule has 2 aliphatic rings. The minimum atomic E-state index is -0.861. The quantitative estimate of drug-likeness (QED) is 0.637. The second-order valence-electron chi connectivity index (χ2n) is 8.10. The fourth-order valence-electron chi connectivity index (χ4n) is 4.52. The summed E-state index contributed by atoms with van der Waals surface area (Å²) < 4.78 is 1.18. The second kappa shape index (κ2) is 7.45. The molecule has 8 heteroatoms. The van der Waals surface area contributed by atoms with Crippen LogP contribution in [0, 0.1) is 11.3 Å². The molecule has 0 radical (unpaired) electrons. The van der Waals surface area contributed by atoms with E-state index in [0.29, 0.717) is 37.2 Å². The Balaban J connectivity index is 1.31. The number of piperidine rings is 1. The van der Waals surface area contributed by atoms with Crippen molar-refractivity contribution in [3.05, 3.63) is 59.1 Å². The first-order chi connectivity index (χ1) is 15.0. The van der Waals surface area contributed by atoms with E-state index in [1.165, 1.54) is 15.2 Å². The van der Waals surface area contributed by atoms with Gasteiger partial charge in [-0.3, -0.25) is 9.69 Å². The highest BCUT2D eigenvalue weighted by molar-refractivity contribution is 7.16. The number of nitriles is 1. The number of likely N-dealkylation sites (tertiary alicyclic amines) is 1. The van der Waals surface area contributed by atoms with Crippen molar-refractivity contribution in [1.82, 2.24) is 15.2 Å². The molecule has 3 heterocycles. The van der Waals surface area contributed by atoms with Crippen molar-refractivity contribution < 1.29 is 9.59 Å². The summed E-state index contributed by atoms with van der Waals surface area (Å²) in [6, 6.07) is 14.8. The molecule has 2 aliphatic heterocycles. The number of urea groups is 1. The Kier molecular flexibility index (Phi) is 4.73. The molecule has 0 saturated carbocycles. The van der Waals surface area contributed by atoms with E-state index in [4.69, 9.17) is 5.26 Å². The summed E-state index contributed by atoms with van der Waals surface area (Å²) >= 11 is 1.63. The smallest absolute Gasteiger partial charge is 0.323 e. The number of nitrogens with zero attached hydrogens (tertiary/aromatic N) is 4. The number of aromatic nitrogens is 1. The molecule has 2 aromatic carbocycles. The van der Waals surface area contributed by atoms with Crippen molar-refractivity contribution in [2.75, 3.05) is 18.0 Å². The third-order valence-electron chi connectivity index (χ3n) is 6.45. The van der Waals surface area contributed by atoms with Gasteiger partial charge in [-0.2, -0.15) is 5.26 Å². The molecule has 156 valence electrons. The van der Waals surface area contributed by atoms with Crippen LogP contribution in [0.25, 0.3) is 10.2 Å². The van der Waals surface area contributed by atoms with E-state index in [9.17, 15) is 9.59 Å². The molecule has 1 aromatic heterocycles. The van der Waals surface area contributed by atoms with E-state index in [-0.39, 0.29) is 11.9 Å². The van der Waals surface area contributed by atoms with Crippen LogP contribution >= 0.6 is 11.3 Å². The molecule has 31 heavy (non-hydrogen) atoms. The molecule has 5 rings (SSSR count). The number of amides is 3. The number of fused-ring (bicyclic) bond motifs is 1. The van der Waals surface area contributed by atoms with Gasteiger partial charge in [0, 0.05) is 19.1 Å². The van der Waals surface area contributed by atoms with Crippen LogP contribution in [0.2, 0.25) is 0 Å². The van der Waals surface area contributed by atoms with E-state index in [0.717, 1.165) is 5.52 Å². The van der Waals surface area contributed by atoms with Gasteiger partial charge in [0.1, 0.15) is 5.54 Å². The zero-order valence-electron chi connectivity index (χ0n) is 17.0. The first-order valence-corrected chi connectivity index (χ1v) is 11.1. The standard InChI is InChI=1S/C23H21N5O2S/c1-15(17-4-7-20-19(12-17)25-14-31-20)27-10-8-23(9-11-27)21(29)28(22(30)26-23)18-5-2-16(13-24)3-6-18/h2-7,12,14-15H,8-11H2,1H3,(H,26,30)/t15-/m1/s1. The van der Waals surface area contributed by atoms with E-state index >= 15 is 0 Å². The Labute approximate surface area is 183 Å². The van der Waals surface area contributed by atoms with Crippen LogP contribution in [0.15, 0.2) is 48.0 Å². The summed E-state index contributed by atoms with van der Waals surface area (Å²) in [5.74, 6) is -0.210. The highest BCUT2D eigenvalue weighted by atomic mass is 32.1. The van der Waals surface area contributed by atoms with Gasteiger partial charge in [0.05, 0.1) is 33.0 Å². The number of hydrogen-bond acceptors (Lipinski definition) is 6. The first-order valence-electron chi connectivity index (χ1n) is 10.2. The maximum atomic E-state index is 13.3. The molecule has 1 spiro atoms. The molecular weight excluding hydrogens is 410 g/mol. The number of anilines is 1. The predicted molar refractivity (Wildman–Crippen MR) is 119 cm³/mol. The van der Waals surface area contributed by atoms with Crippen LogP contribution in [-0.4, -0.2) is 40.5 Å². The maximum Gasteiger partial charge on any atom is 0.329 e. The van der Waals surface area contributed by atoms with Crippen LogP contribution in [-0.2, 0) is 4.79 Å². The lowest BCUT2D eigenvalue weighted by molar-refractivity contribution is -0.124. The zero-order chi connectivity index (χ0) is 21.6. The number of hydrogen-bond donors (Lipinski definition) is 1. The van der Waals surface area contributed by atoms with Gasteiger partial charge in [0.15, 0.2) is 0 Å². The first kappa shape index (κ1) is 19.7. The van der Waals surface area contributed by atoms with Gasteiger partial charge in [-0.25, -0.2) is 14.7 Å². The summed E-state index contributed by atoms with van der Waals surface area (Å²) in [5, 5.41) is 11.9. The third kappa shape index (κ3) is 3.26. The Morgan fingerprint density at radius 1 is 1.16 bits per heavy atom. The summed E-state index contributed by atoms with van der Waals surface area (Å²) in [6.07, 6.45) is 1.13. The van der Waals surface area contributed by atoms with Gasteiger partial charge in [-0.15, -0.1) is 11.3 Å². The zero-order valence-corrected chi connectivity index (χ0v) is 17.9. The predicted octanol–water partition coefficient (Wildman–Crippen LogP) is 3.82. The molecule has 0 bridgehead atoms. The molecule has 3 amide bonds. The van der Waals surface area contributed by atoms with Crippen LogP contribution in [0.5, 0.6) is 0 Å². The van der Waals surface area contributed by atoms with Gasteiger partial charge in [0.2, 0.25) is 0 Å². The van der Waals surface area contributed by atoms with E-state index in [1.807, 2.05) is 11.6 Å². The summed E-state index contributed by atoms with van der Waals surface area (Å²) in [5.41, 5.74) is 4.20. The van der Waals surface area contributed by atoms with Crippen LogP contribution < -0.4 is 10.2 Å². The fourth-order valence-corrected chi connectivity index (χ4v) is 5.18. The van der Waals surface area contributed by atoms with Crippen molar-refractivity contribution in [2.45, 2.75) is 31.3 Å². The Bertz CT molecular complexity index is 1200. The van der Waals surface area contributed by atoms with Gasteiger partial charge < -0.3 is 5.32 Å². The Morgan fingerprint density at radius 3 is 2.61 bits per heavy atom. The van der Waals surface area contributed by atoms with Crippen LogP contribution in [0.4, 0.5) is 10.5 Å². The summed E-state index contributed by atoms with van der Waals surface area (Å²) in [6.45, 7) is 3.59. The average Bonchev–Trinajstić information content (AvgIpc) is 3.36. The number of nitrogens with one attached hydrogen (secondary N) is 1. The van der Waals surface area contributed by atoms with Crippen molar-refractivity contribution >= 4 is 39.2 Å². The monoisotopic (exact) mass is 431 g/mol. The Morgan fingerprint density at radius 2 is 1.90 bits per heavy atom. The third-order valence-corrected chi connectivity index (χ3v) is 7.26. The van der Waals surface area contributed by atoms with Gasteiger partial charge in [-0.05, 0) is 61.7 Å². The van der Waals surface area contributed by atoms with Crippen molar-refractivity contribution in [2.24, 2.45) is 0 Å². The van der Waals surface area contributed by atoms with Crippen molar-refractivity contribution in [1.29, 1.82) is 5.26 Å². The Hall–Kier alpha value is -3.28. The SMILES string of the molecule is C[C@H](c1ccc2scnc2c1)N1CCC2(CC1)NC(=O)N(c1ccc(C#N)cc1)C2=O. The number of thiazole rings is 1. The number of benzene rings is 2. The maximum absolute atomic E-state index is 13.3. The molecule has 1 atom stereocenters. The fraction of sp³-hybridized carbons (Fsp3) is 0.304. The number of carbonyl (C=O) groups excluding carboxylic acids is 2. The highest BCUT2D eigenvalue weighted by Gasteiger charge is 2.53. The summed E-state index contributed by atoms with van der Waals surface area (Å²) in [4.78, 5) is 33.9. The van der Waals surface area contributed by atoms with Crippen LogP contribution in [0.3, 0.4) is 0 Å². The molecule has 2 saturated heterocycles. The second-order valence-corrected chi connectivity index (χ2v) is 8.99. The van der Waals surface area contributed by atoms with Crippen LogP contribution in [0.1, 0.15) is 36.9 Å². The molecular formula is C23H21N5O2S. The molecule has 0 aliphatic carbocycles. The molecule has 3 aromatic rings. The lowest BCUT2D eigenvalue weighted by Crippen LogP contribution is -2.55. The van der Waals surface area contributed by atoms with Gasteiger partial charge >= 0.3 is 6.03 Å². The number of imide groups is 1. The highest BCUT2D eigenvalue weighted by Crippen LogP contribution is 2.35. The number of carbonyl (C=O) groups is 2.